The Morgan fingerprint density at radius 3 is 2.67 bits per heavy atom. The van der Waals surface area contributed by atoms with Gasteiger partial charge in [-0.1, -0.05) is 6.92 Å². The van der Waals surface area contributed by atoms with Gasteiger partial charge in [0.1, 0.15) is 5.82 Å². The van der Waals surface area contributed by atoms with Crippen LogP contribution in [-0.2, 0) is 16.4 Å². The third-order valence-corrected chi connectivity index (χ3v) is 4.82. The second kappa shape index (κ2) is 5.98. The Bertz CT molecular complexity index is 751. The zero-order chi connectivity index (χ0) is 15.6. The van der Waals surface area contributed by atoms with Crippen LogP contribution < -0.4 is 10.0 Å². The van der Waals surface area contributed by atoms with Crippen molar-refractivity contribution in [3.8, 4) is 0 Å². The molecule has 0 amide bonds. The molecule has 0 saturated heterocycles. The van der Waals surface area contributed by atoms with Crippen molar-refractivity contribution in [2.75, 3.05) is 24.7 Å². The van der Waals surface area contributed by atoms with E-state index in [1.807, 2.05) is 26.8 Å². The molecule has 21 heavy (non-hydrogen) atoms. The van der Waals surface area contributed by atoms with Crippen LogP contribution in [0, 0.1) is 13.8 Å². The summed E-state index contributed by atoms with van der Waals surface area (Å²) in [5.41, 5.74) is 3.72. The molecule has 2 N–H and O–H groups in total. The van der Waals surface area contributed by atoms with E-state index < -0.39 is 10.0 Å². The first kappa shape index (κ1) is 15.7. The normalized spacial score (nSPS) is 12.0. The van der Waals surface area contributed by atoms with Gasteiger partial charge >= 0.3 is 0 Å². The molecule has 2 rings (SSSR count). The van der Waals surface area contributed by atoms with Gasteiger partial charge in [-0.05, 0) is 27.3 Å². The Morgan fingerprint density at radius 2 is 2.05 bits per heavy atom. The van der Waals surface area contributed by atoms with Gasteiger partial charge in [-0.2, -0.15) is 9.61 Å². The van der Waals surface area contributed by atoms with Crippen LogP contribution in [0.15, 0.2) is 6.07 Å². The number of nitrogens with zero attached hydrogens (tertiary/aromatic N) is 3. The lowest BCUT2D eigenvalue weighted by Crippen LogP contribution is -2.26. The maximum absolute atomic E-state index is 11.4. The number of fused-ring (bicyclic) bond motifs is 1. The average molecular weight is 311 g/mol. The maximum Gasteiger partial charge on any atom is 0.213 e. The number of aromatic nitrogens is 3. The number of hydrogen-bond acceptors (Lipinski definition) is 5. The smallest absolute Gasteiger partial charge is 0.213 e. The van der Waals surface area contributed by atoms with Gasteiger partial charge in [-0.3, -0.25) is 0 Å². The van der Waals surface area contributed by atoms with Crippen molar-refractivity contribution in [1.82, 2.24) is 19.3 Å². The SMILES string of the molecule is CCc1cc(NCCS(=O)(=O)NC)n2nc(C)c(C)c2n1. The van der Waals surface area contributed by atoms with Gasteiger partial charge in [-0.15, -0.1) is 0 Å². The first-order chi connectivity index (χ1) is 9.88. The summed E-state index contributed by atoms with van der Waals surface area (Å²) in [7, 11) is -1.81. The van der Waals surface area contributed by atoms with Gasteiger partial charge in [0.2, 0.25) is 10.0 Å². The molecule has 0 aliphatic rings. The summed E-state index contributed by atoms with van der Waals surface area (Å²) in [4.78, 5) is 4.58. The van der Waals surface area contributed by atoms with Crippen molar-refractivity contribution < 1.29 is 8.42 Å². The summed E-state index contributed by atoms with van der Waals surface area (Å²) in [6.45, 7) is 6.26. The molecule has 0 spiro atoms. The van der Waals surface area contributed by atoms with Crippen LogP contribution >= 0.6 is 0 Å². The van der Waals surface area contributed by atoms with E-state index >= 15 is 0 Å². The Morgan fingerprint density at radius 1 is 1.33 bits per heavy atom. The van der Waals surface area contributed by atoms with Gasteiger partial charge < -0.3 is 5.32 Å². The molecule has 0 aromatic carbocycles. The average Bonchev–Trinajstić information content (AvgIpc) is 2.74. The first-order valence-corrected chi connectivity index (χ1v) is 8.54. The predicted octanol–water partition coefficient (Wildman–Crippen LogP) is 0.870. The van der Waals surface area contributed by atoms with Crippen molar-refractivity contribution in [3.05, 3.63) is 23.0 Å². The van der Waals surface area contributed by atoms with E-state index in [1.54, 1.807) is 4.52 Å². The fourth-order valence-corrected chi connectivity index (χ4v) is 2.58. The molecule has 0 aliphatic carbocycles. The Labute approximate surface area is 124 Å². The lowest BCUT2D eigenvalue weighted by molar-refractivity contribution is 0.588. The van der Waals surface area contributed by atoms with E-state index in [2.05, 4.69) is 20.1 Å². The molecular weight excluding hydrogens is 290 g/mol. The molecule has 0 unspecified atom stereocenters. The summed E-state index contributed by atoms with van der Waals surface area (Å²) >= 11 is 0. The molecule has 2 aromatic heterocycles. The van der Waals surface area contributed by atoms with Gasteiger partial charge in [0, 0.05) is 23.9 Å². The minimum absolute atomic E-state index is 0.00794. The van der Waals surface area contributed by atoms with Crippen molar-refractivity contribution in [1.29, 1.82) is 0 Å². The zero-order valence-electron chi connectivity index (χ0n) is 12.8. The standard InChI is InChI=1S/C13H21N5O2S/c1-5-11-8-12(15-6-7-21(19,20)14-4)18-13(16-11)9(2)10(3)17-18/h8,14-15H,5-7H2,1-4H3. The molecule has 116 valence electrons. The van der Waals surface area contributed by atoms with Crippen molar-refractivity contribution in [3.63, 3.8) is 0 Å². The van der Waals surface area contributed by atoms with Crippen molar-refractivity contribution >= 4 is 21.5 Å². The number of nitrogens with one attached hydrogen (secondary N) is 2. The third kappa shape index (κ3) is 3.33. The summed E-state index contributed by atoms with van der Waals surface area (Å²) in [6.07, 6.45) is 0.809. The molecule has 0 saturated carbocycles. The summed E-state index contributed by atoms with van der Waals surface area (Å²) in [5, 5.41) is 7.58. The van der Waals surface area contributed by atoms with Crippen LogP contribution in [0.5, 0.6) is 0 Å². The van der Waals surface area contributed by atoms with Crippen LogP contribution in [0.2, 0.25) is 0 Å². The van der Waals surface area contributed by atoms with E-state index in [9.17, 15) is 8.42 Å². The molecule has 0 aliphatic heterocycles. The Kier molecular flexibility index (Phi) is 4.48. The quantitative estimate of drug-likeness (QED) is 0.826. The zero-order valence-corrected chi connectivity index (χ0v) is 13.6. The summed E-state index contributed by atoms with van der Waals surface area (Å²) < 4.78 is 26.9. The molecule has 0 bridgehead atoms. The molecule has 0 fully saturated rings. The van der Waals surface area contributed by atoms with Gasteiger partial charge in [0.15, 0.2) is 5.65 Å². The number of hydrogen-bond donors (Lipinski definition) is 2. The number of rotatable bonds is 6. The fourth-order valence-electron chi connectivity index (χ4n) is 2.00. The minimum Gasteiger partial charge on any atom is -0.369 e. The monoisotopic (exact) mass is 311 g/mol. The molecular formula is C13H21N5O2S. The third-order valence-electron chi connectivity index (χ3n) is 3.46. The van der Waals surface area contributed by atoms with E-state index in [4.69, 9.17) is 0 Å². The molecule has 2 aromatic rings. The van der Waals surface area contributed by atoms with E-state index in [1.165, 1.54) is 7.05 Å². The van der Waals surface area contributed by atoms with Crippen molar-refractivity contribution in [2.24, 2.45) is 0 Å². The molecule has 8 heteroatoms. The second-order valence-corrected chi connectivity index (χ2v) is 6.93. The van der Waals surface area contributed by atoms with Crippen LogP contribution in [-0.4, -0.2) is 42.4 Å². The Hall–Kier alpha value is -1.67. The van der Waals surface area contributed by atoms with E-state index in [0.29, 0.717) is 6.54 Å². The van der Waals surface area contributed by atoms with Crippen molar-refractivity contribution in [2.45, 2.75) is 27.2 Å². The topological polar surface area (TPSA) is 88.4 Å². The molecule has 0 atom stereocenters. The predicted molar refractivity (Wildman–Crippen MR) is 83.2 cm³/mol. The number of aryl methyl sites for hydroxylation is 3. The highest BCUT2D eigenvalue weighted by Gasteiger charge is 2.12. The van der Waals surface area contributed by atoms with Gasteiger partial charge in [0.25, 0.3) is 0 Å². The highest BCUT2D eigenvalue weighted by Crippen LogP contribution is 2.18. The Balaban J connectivity index is 2.32. The minimum atomic E-state index is -3.22. The van der Waals surface area contributed by atoms with Crippen LogP contribution in [0.25, 0.3) is 5.65 Å². The fraction of sp³-hybridized carbons (Fsp3) is 0.538. The lowest BCUT2D eigenvalue weighted by Gasteiger charge is -2.10. The van der Waals surface area contributed by atoms with E-state index in [0.717, 1.165) is 34.8 Å². The highest BCUT2D eigenvalue weighted by molar-refractivity contribution is 7.89. The number of sulfonamides is 1. The maximum atomic E-state index is 11.4. The molecule has 2 heterocycles. The highest BCUT2D eigenvalue weighted by atomic mass is 32.2. The van der Waals surface area contributed by atoms with Crippen LogP contribution in [0.3, 0.4) is 0 Å². The van der Waals surface area contributed by atoms with Gasteiger partial charge in [-0.25, -0.2) is 18.1 Å². The second-order valence-electron chi connectivity index (χ2n) is 4.88. The van der Waals surface area contributed by atoms with Gasteiger partial charge in [0.05, 0.1) is 11.4 Å². The molecule has 7 nitrogen and oxygen atoms in total. The summed E-state index contributed by atoms with van der Waals surface area (Å²) in [5.74, 6) is 0.771. The van der Waals surface area contributed by atoms with Crippen LogP contribution in [0.1, 0.15) is 23.9 Å². The molecule has 0 radical (unpaired) electrons. The largest absolute Gasteiger partial charge is 0.369 e. The van der Waals surface area contributed by atoms with E-state index in [-0.39, 0.29) is 5.75 Å². The summed E-state index contributed by atoms with van der Waals surface area (Å²) in [6, 6.07) is 1.91. The number of anilines is 1. The lowest BCUT2D eigenvalue weighted by atomic mass is 10.2. The van der Waals surface area contributed by atoms with Crippen LogP contribution in [0.4, 0.5) is 5.82 Å². The first-order valence-electron chi connectivity index (χ1n) is 6.89.